The molecule has 0 unspecified atom stereocenters. The lowest BCUT2D eigenvalue weighted by Crippen LogP contribution is -2.27. The number of carbonyl (C=O) groups is 1. The number of halogens is 1. The Hall–Kier alpha value is -1.90. The molecule has 0 radical (unpaired) electrons. The monoisotopic (exact) mass is 264 g/mol. The van der Waals surface area contributed by atoms with E-state index in [1.807, 2.05) is 0 Å². The van der Waals surface area contributed by atoms with Gasteiger partial charge in [0.05, 0.1) is 18.8 Å². The Kier molecular flexibility index (Phi) is 6.00. The number of aliphatic hydroxyl groups is 1. The van der Waals surface area contributed by atoms with Gasteiger partial charge < -0.3 is 15.3 Å². The summed E-state index contributed by atoms with van der Waals surface area (Å²) in [5.41, 5.74) is 0.649. The zero-order valence-electron chi connectivity index (χ0n) is 11.0. The molecule has 5 heteroatoms. The fraction of sp³-hybridized carbons (Fsp3) is 0.357. The average molecular weight is 264 g/mol. The van der Waals surface area contributed by atoms with Gasteiger partial charge >= 0.3 is 0 Å². The lowest BCUT2D eigenvalue weighted by Gasteiger charge is -2.10. The minimum Gasteiger partial charge on any atom is -0.395 e. The van der Waals surface area contributed by atoms with Crippen molar-refractivity contribution in [3.63, 3.8) is 0 Å². The van der Waals surface area contributed by atoms with Crippen molar-refractivity contribution in [2.24, 2.45) is 0 Å². The largest absolute Gasteiger partial charge is 0.395 e. The molecule has 0 atom stereocenters. The molecule has 0 fully saturated rings. The number of nitrogens with one attached hydrogen (secondary N) is 1. The maximum Gasteiger partial charge on any atom is 0.238 e. The van der Waals surface area contributed by atoms with Gasteiger partial charge in [0.25, 0.3) is 0 Å². The summed E-state index contributed by atoms with van der Waals surface area (Å²) in [6, 6.07) is 4.36. The van der Waals surface area contributed by atoms with Gasteiger partial charge in [-0.1, -0.05) is 11.8 Å². The first-order chi connectivity index (χ1) is 9.02. The van der Waals surface area contributed by atoms with Crippen LogP contribution in [0, 0.1) is 17.7 Å². The first-order valence-corrected chi connectivity index (χ1v) is 5.87. The summed E-state index contributed by atoms with van der Waals surface area (Å²) in [6.45, 7) is 0.172. The van der Waals surface area contributed by atoms with E-state index in [9.17, 15) is 9.18 Å². The lowest BCUT2D eigenvalue weighted by atomic mass is 10.2. The minimum atomic E-state index is -0.525. The molecule has 0 aliphatic rings. The Bertz CT molecular complexity index is 504. The first-order valence-electron chi connectivity index (χ1n) is 5.87. The molecule has 4 nitrogen and oxygen atoms in total. The summed E-state index contributed by atoms with van der Waals surface area (Å²) in [6.07, 6.45) is 0.350. The van der Waals surface area contributed by atoms with E-state index in [-0.39, 0.29) is 24.7 Å². The van der Waals surface area contributed by atoms with E-state index in [2.05, 4.69) is 17.2 Å². The summed E-state index contributed by atoms with van der Waals surface area (Å²) in [4.78, 5) is 13.2. The number of amides is 1. The van der Waals surface area contributed by atoms with E-state index >= 15 is 0 Å². The van der Waals surface area contributed by atoms with Crippen LogP contribution in [0.4, 0.5) is 10.1 Å². The van der Waals surface area contributed by atoms with Crippen molar-refractivity contribution in [1.29, 1.82) is 0 Å². The van der Waals surface area contributed by atoms with Crippen LogP contribution in [0.15, 0.2) is 18.2 Å². The number of benzene rings is 1. The smallest absolute Gasteiger partial charge is 0.238 e. The first kappa shape index (κ1) is 15.2. The van der Waals surface area contributed by atoms with E-state index in [1.165, 1.54) is 12.1 Å². The van der Waals surface area contributed by atoms with Crippen molar-refractivity contribution in [2.75, 3.05) is 32.6 Å². The Morgan fingerprint density at radius 3 is 2.79 bits per heavy atom. The van der Waals surface area contributed by atoms with Crippen LogP contribution >= 0.6 is 0 Å². The van der Waals surface area contributed by atoms with Crippen LogP contribution in [0.2, 0.25) is 0 Å². The third kappa shape index (κ3) is 5.51. The van der Waals surface area contributed by atoms with Gasteiger partial charge in [-0.15, -0.1) is 0 Å². The van der Waals surface area contributed by atoms with Gasteiger partial charge in [-0.2, -0.15) is 0 Å². The van der Waals surface area contributed by atoms with Gasteiger partial charge in [0.2, 0.25) is 5.91 Å². The zero-order chi connectivity index (χ0) is 14.3. The van der Waals surface area contributed by atoms with Gasteiger partial charge in [-0.3, -0.25) is 4.79 Å². The second-order valence-corrected chi connectivity index (χ2v) is 4.26. The second kappa shape index (κ2) is 7.52. The quantitative estimate of drug-likeness (QED) is 0.800. The summed E-state index contributed by atoms with van der Waals surface area (Å²) < 4.78 is 13.7. The molecule has 0 saturated heterocycles. The van der Waals surface area contributed by atoms with Gasteiger partial charge in [-0.25, -0.2) is 4.39 Å². The van der Waals surface area contributed by atoms with Gasteiger partial charge in [-0.05, 0) is 32.3 Å². The number of carbonyl (C=O) groups excluding carboxylic acids is 1. The molecule has 2 N–H and O–H groups in total. The molecular weight excluding hydrogens is 247 g/mol. The van der Waals surface area contributed by atoms with Crippen molar-refractivity contribution in [3.05, 3.63) is 29.6 Å². The van der Waals surface area contributed by atoms with Gasteiger partial charge in [0.1, 0.15) is 5.82 Å². The third-order valence-electron chi connectivity index (χ3n) is 2.17. The van der Waals surface area contributed by atoms with Gasteiger partial charge in [0, 0.05) is 12.0 Å². The van der Waals surface area contributed by atoms with Crippen LogP contribution in [0.1, 0.15) is 12.0 Å². The molecule has 0 heterocycles. The molecular formula is C14H17FN2O2. The minimum absolute atomic E-state index is 0.0197. The number of hydrogen-bond donors (Lipinski definition) is 2. The fourth-order valence-electron chi connectivity index (χ4n) is 1.39. The summed E-state index contributed by atoms with van der Waals surface area (Å²) in [5, 5.41) is 11.1. The van der Waals surface area contributed by atoms with Crippen LogP contribution in [0.3, 0.4) is 0 Å². The molecule has 1 aromatic carbocycles. The molecule has 0 aromatic heterocycles. The SMILES string of the molecule is CN(C)CC(=O)Nc1ccc(C#CCCO)cc1F. The third-order valence-corrected chi connectivity index (χ3v) is 2.17. The van der Waals surface area contributed by atoms with Crippen molar-refractivity contribution in [1.82, 2.24) is 4.90 Å². The van der Waals surface area contributed by atoms with Gasteiger partial charge in [0.15, 0.2) is 0 Å². The zero-order valence-corrected chi connectivity index (χ0v) is 11.0. The molecule has 1 rings (SSSR count). The molecule has 1 amide bonds. The molecule has 19 heavy (non-hydrogen) atoms. The predicted molar refractivity (Wildman–Crippen MR) is 72.2 cm³/mol. The lowest BCUT2D eigenvalue weighted by molar-refractivity contribution is -0.116. The maximum absolute atomic E-state index is 13.7. The number of hydrogen-bond acceptors (Lipinski definition) is 3. The topological polar surface area (TPSA) is 52.6 Å². The summed E-state index contributed by atoms with van der Waals surface area (Å²) in [5.74, 6) is 4.63. The standard InChI is InChI=1S/C14H17FN2O2/c1-17(2)10-14(19)16-13-7-6-11(9-12(13)15)5-3-4-8-18/h6-7,9,18H,4,8,10H2,1-2H3,(H,16,19). The molecule has 0 aliphatic carbocycles. The van der Waals surface area contributed by atoms with Crippen molar-refractivity contribution >= 4 is 11.6 Å². The highest BCUT2D eigenvalue weighted by molar-refractivity contribution is 5.92. The van der Waals surface area contributed by atoms with Crippen LogP contribution in [-0.4, -0.2) is 43.2 Å². The van der Waals surface area contributed by atoms with Crippen molar-refractivity contribution in [3.8, 4) is 11.8 Å². The Morgan fingerprint density at radius 2 is 2.21 bits per heavy atom. The number of likely N-dealkylation sites (N-methyl/N-ethyl adjacent to an activating group) is 1. The van der Waals surface area contributed by atoms with Crippen molar-refractivity contribution in [2.45, 2.75) is 6.42 Å². The number of aliphatic hydroxyl groups excluding tert-OH is 1. The number of anilines is 1. The van der Waals surface area contributed by atoms with Crippen LogP contribution < -0.4 is 5.32 Å². The number of rotatable bonds is 4. The average Bonchev–Trinajstić information content (AvgIpc) is 2.32. The molecule has 0 aliphatic heterocycles. The molecule has 0 saturated carbocycles. The Labute approximate surface area is 112 Å². The highest BCUT2D eigenvalue weighted by Gasteiger charge is 2.08. The normalized spacial score (nSPS) is 9.95. The molecule has 1 aromatic rings. The molecule has 0 spiro atoms. The van der Waals surface area contributed by atoms with E-state index in [0.29, 0.717) is 12.0 Å². The maximum atomic E-state index is 13.7. The molecule has 0 bridgehead atoms. The van der Waals surface area contributed by atoms with Crippen LogP contribution in [0.5, 0.6) is 0 Å². The Morgan fingerprint density at radius 1 is 1.47 bits per heavy atom. The number of nitrogens with zero attached hydrogens (tertiary/aromatic N) is 1. The van der Waals surface area contributed by atoms with E-state index in [0.717, 1.165) is 0 Å². The Balaban J connectivity index is 2.73. The van der Waals surface area contributed by atoms with Crippen molar-refractivity contribution < 1.29 is 14.3 Å². The van der Waals surface area contributed by atoms with Crippen LogP contribution in [-0.2, 0) is 4.79 Å². The summed E-state index contributed by atoms with van der Waals surface area (Å²) in [7, 11) is 3.52. The van der Waals surface area contributed by atoms with E-state index < -0.39 is 5.82 Å². The highest BCUT2D eigenvalue weighted by Crippen LogP contribution is 2.15. The highest BCUT2D eigenvalue weighted by atomic mass is 19.1. The predicted octanol–water partition coefficient (Wildman–Crippen LogP) is 1.06. The van der Waals surface area contributed by atoms with Crippen LogP contribution in [0.25, 0.3) is 0 Å². The summed E-state index contributed by atoms with van der Waals surface area (Å²) >= 11 is 0. The molecule has 102 valence electrons. The fourth-order valence-corrected chi connectivity index (χ4v) is 1.39. The van der Waals surface area contributed by atoms with E-state index in [1.54, 1.807) is 25.1 Å². The second-order valence-electron chi connectivity index (χ2n) is 4.26. The van der Waals surface area contributed by atoms with E-state index in [4.69, 9.17) is 5.11 Å².